The van der Waals surface area contributed by atoms with E-state index in [0.29, 0.717) is 11.6 Å². The van der Waals surface area contributed by atoms with Crippen molar-refractivity contribution in [3.05, 3.63) is 71.2 Å². The summed E-state index contributed by atoms with van der Waals surface area (Å²) in [6.07, 6.45) is -3.68. The molecule has 0 aliphatic carbocycles. The van der Waals surface area contributed by atoms with E-state index in [1.807, 2.05) is 0 Å². The van der Waals surface area contributed by atoms with Gasteiger partial charge in [0.25, 0.3) is 11.8 Å². The number of hydrogen-bond acceptors (Lipinski definition) is 6. The minimum absolute atomic E-state index is 0.0661. The van der Waals surface area contributed by atoms with Crippen LogP contribution in [-0.2, 0) is 15.9 Å². The van der Waals surface area contributed by atoms with Gasteiger partial charge in [0.1, 0.15) is 17.1 Å². The van der Waals surface area contributed by atoms with Gasteiger partial charge >= 0.3 is 6.18 Å². The molecule has 0 saturated carbocycles. The Kier molecular flexibility index (Phi) is 6.17. The summed E-state index contributed by atoms with van der Waals surface area (Å²) in [4.78, 5) is 12.9. The first-order valence-electron chi connectivity index (χ1n) is 8.89. The molecule has 0 fully saturated rings. The van der Waals surface area contributed by atoms with Crippen LogP contribution in [0.4, 0.5) is 23.2 Å². The van der Waals surface area contributed by atoms with E-state index in [1.165, 1.54) is 43.5 Å². The number of amides is 1. The minimum Gasteiger partial charge on any atom is -0.437 e. The van der Waals surface area contributed by atoms with Gasteiger partial charge in [-0.2, -0.15) is 13.2 Å². The quantitative estimate of drug-likeness (QED) is 0.512. The number of aryl methyl sites for hydroxylation is 1. The van der Waals surface area contributed by atoms with Crippen molar-refractivity contribution in [2.45, 2.75) is 18.0 Å². The van der Waals surface area contributed by atoms with Crippen molar-refractivity contribution in [1.82, 2.24) is 10.2 Å². The van der Waals surface area contributed by atoms with Crippen LogP contribution in [0.25, 0.3) is 0 Å². The summed E-state index contributed by atoms with van der Waals surface area (Å²) in [5.74, 6) is -2.02. The number of aromatic nitrogens is 2. The number of hydrogen-bond donors (Lipinski definition) is 2. The molecule has 1 amide bonds. The molecule has 1 unspecified atom stereocenters. The lowest BCUT2D eigenvalue weighted by atomic mass is 10.2. The summed E-state index contributed by atoms with van der Waals surface area (Å²) in [7, 11) is -3.09. The maximum absolute atomic E-state index is 13.3. The first kappa shape index (κ1) is 23.1. The van der Waals surface area contributed by atoms with Gasteiger partial charge in [0.05, 0.1) is 9.73 Å². The Morgan fingerprint density at radius 2 is 1.84 bits per heavy atom. The first-order valence-corrected chi connectivity index (χ1v) is 10.9. The molecule has 2 N–H and O–H groups in total. The van der Waals surface area contributed by atoms with Gasteiger partial charge in [0, 0.05) is 16.8 Å². The van der Waals surface area contributed by atoms with Crippen molar-refractivity contribution >= 4 is 21.3 Å². The van der Waals surface area contributed by atoms with Crippen molar-refractivity contribution in [2.24, 2.45) is 0 Å². The molecule has 7 nitrogen and oxygen atoms in total. The molecule has 168 valence electrons. The number of rotatable bonds is 5. The normalized spacial score (nSPS) is 13.3. The van der Waals surface area contributed by atoms with Crippen molar-refractivity contribution in [3.63, 3.8) is 0 Å². The molecule has 0 spiro atoms. The number of carbonyl (C=O) groups is 1. The SMILES string of the molecule is Cc1cc(F)ccc1Oc1nnc(C(F)(F)F)cc1C(=O)Nc1cccc(S(C)(=N)=O)c1. The molecule has 1 atom stereocenters. The molecule has 12 heteroatoms. The van der Waals surface area contributed by atoms with Gasteiger partial charge < -0.3 is 10.1 Å². The van der Waals surface area contributed by atoms with Crippen LogP contribution < -0.4 is 10.1 Å². The number of halogens is 4. The lowest BCUT2D eigenvalue weighted by Gasteiger charge is -2.14. The number of anilines is 1. The Morgan fingerprint density at radius 3 is 2.47 bits per heavy atom. The van der Waals surface area contributed by atoms with Gasteiger partial charge in [-0.05, 0) is 55.0 Å². The van der Waals surface area contributed by atoms with E-state index in [0.717, 1.165) is 12.1 Å². The molecule has 0 radical (unpaired) electrons. The molecule has 1 heterocycles. The van der Waals surface area contributed by atoms with Crippen LogP contribution in [-0.4, -0.2) is 26.6 Å². The third-order valence-corrected chi connectivity index (χ3v) is 5.33. The summed E-state index contributed by atoms with van der Waals surface area (Å²) in [5.41, 5.74) is -1.57. The van der Waals surface area contributed by atoms with E-state index in [1.54, 1.807) is 0 Å². The zero-order valence-corrected chi connectivity index (χ0v) is 17.5. The fourth-order valence-corrected chi connectivity index (χ4v) is 3.29. The van der Waals surface area contributed by atoms with Crippen molar-refractivity contribution in [2.75, 3.05) is 11.6 Å². The van der Waals surface area contributed by atoms with E-state index in [-0.39, 0.29) is 16.3 Å². The van der Waals surface area contributed by atoms with Crippen LogP contribution in [0.2, 0.25) is 0 Å². The fraction of sp³-hybridized carbons (Fsp3) is 0.150. The summed E-state index contributed by atoms with van der Waals surface area (Å²) >= 11 is 0. The predicted molar refractivity (Wildman–Crippen MR) is 108 cm³/mol. The van der Waals surface area contributed by atoms with Crippen LogP contribution in [0.5, 0.6) is 11.6 Å². The number of nitrogens with zero attached hydrogens (tertiary/aromatic N) is 2. The summed E-state index contributed by atoms with van der Waals surface area (Å²) in [5, 5.41) is 8.85. The molecule has 1 aromatic heterocycles. The van der Waals surface area contributed by atoms with E-state index >= 15 is 0 Å². The average molecular weight is 468 g/mol. The smallest absolute Gasteiger partial charge is 0.435 e. The van der Waals surface area contributed by atoms with E-state index < -0.39 is 44.8 Å². The molecule has 3 rings (SSSR count). The zero-order valence-electron chi connectivity index (χ0n) is 16.7. The highest BCUT2D eigenvalue weighted by atomic mass is 32.2. The monoisotopic (exact) mass is 468 g/mol. The molecule has 0 bridgehead atoms. The number of ether oxygens (including phenoxy) is 1. The maximum atomic E-state index is 13.3. The third-order valence-electron chi connectivity index (χ3n) is 4.18. The zero-order chi connectivity index (χ0) is 23.7. The lowest BCUT2D eigenvalue weighted by molar-refractivity contribution is -0.141. The molecule has 3 aromatic rings. The topological polar surface area (TPSA) is 105 Å². The van der Waals surface area contributed by atoms with Gasteiger partial charge in [0.2, 0.25) is 0 Å². The second kappa shape index (κ2) is 8.54. The van der Waals surface area contributed by atoms with Gasteiger partial charge in [0.15, 0.2) is 5.69 Å². The molecule has 0 aliphatic heterocycles. The molecular weight excluding hydrogens is 452 g/mol. The molecule has 32 heavy (non-hydrogen) atoms. The number of alkyl halides is 3. The van der Waals surface area contributed by atoms with Crippen molar-refractivity contribution in [1.29, 1.82) is 4.78 Å². The fourth-order valence-electron chi connectivity index (χ4n) is 2.60. The van der Waals surface area contributed by atoms with Crippen molar-refractivity contribution < 1.29 is 31.3 Å². The summed E-state index contributed by atoms with van der Waals surface area (Å²) in [6, 6.07) is 9.48. The molecule has 0 saturated heterocycles. The van der Waals surface area contributed by atoms with Gasteiger partial charge in [-0.3, -0.25) is 4.79 Å². The summed E-state index contributed by atoms with van der Waals surface area (Å²) < 4.78 is 77.8. The second-order valence-corrected chi connectivity index (χ2v) is 8.94. The Hall–Kier alpha value is -3.54. The molecular formula is C20H16F4N4O3S. The Labute approximate surface area is 180 Å². The Morgan fingerprint density at radius 1 is 1.12 bits per heavy atom. The largest absolute Gasteiger partial charge is 0.437 e. The van der Waals surface area contributed by atoms with Crippen LogP contribution in [0.1, 0.15) is 21.6 Å². The van der Waals surface area contributed by atoms with Crippen molar-refractivity contribution in [3.8, 4) is 11.6 Å². The maximum Gasteiger partial charge on any atom is 0.435 e. The number of benzene rings is 2. The van der Waals surface area contributed by atoms with E-state index in [2.05, 4.69) is 15.5 Å². The summed E-state index contributed by atoms with van der Waals surface area (Å²) in [6.45, 7) is 1.50. The van der Waals surface area contributed by atoms with E-state index in [4.69, 9.17) is 9.52 Å². The van der Waals surface area contributed by atoms with Crippen LogP contribution in [0.3, 0.4) is 0 Å². The van der Waals surface area contributed by atoms with Gasteiger partial charge in [-0.15, -0.1) is 10.2 Å². The van der Waals surface area contributed by atoms with E-state index in [9.17, 15) is 26.6 Å². The highest BCUT2D eigenvalue weighted by molar-refractivity contribution is 7.91. The molecule has 2 aromatic carbocycles. The second-order valence-electron chi connectivity index (χ2n) is 6.78. The molecule has 0 aliphatic rings. The highest BCUT2D eigenvalue weighted by Gasteiger charge is 2.35. The average Bonchev–Trinajstić information content (AvgIpc) is 2.69. The number of carbonyl (C=O) groups excluding carboxylic acids is 1. The number of nitrogens with one attached hydrogen (secondary N) is 2. The minimum atomic E-state index is -4.87. The van der Waals surface area contributed by atoms with Crippen LogP contribution in [0.15, 0.2) is 53.4 Å². The Balaban J connectivity index is 2.01. The predicted octanol–water partition coefficient (Wildman–Crippen LogP) is 5.02. The Bertz CT molecular complexity index is 1290. The lowest BCUT2D eigenvalue weighted by Crippen LogP contribution is -2.18. The third kappa shape index (κ3) is 5.38. The van der Waals surface area contributed by atoms with Gasteiger partial charge in [-0.25, -0.2) is 13.4 Å². The first-order chi connectivity index (χ1) is 14.8. The van der Waals surface area contributed by atoms with Crippen LogP contribution in [0, 0.1) is 17.5 Å². The highest BCUT2D eigenvalue weighted by Crippen LogP contribution is 2.32. The van der Waals surface area contributed by atoms with Gasteiger partial charge in [-0.1, -0.05) is 6.07 Å². The standard InChI is InChI=1S/C20H16F4N4O3S/c1-11-8-12(21)6-7-16(11)31-19-15(10-17(27-28-19)20(22,23)24)18(29)26-13-4-3-5-14(9-13)32(2,25)30/h3-10,25H,1-2H3,(H,26,29). The van der Waals surface area contributed by atoms with Crippen LogP contribution >= 0.6 is 0 Å².